The van der Waals surface area contributed by atoms with Gasteiger partial charge in [0.2, 0.25) is 0 Å². The van der Waals surface area contributed by atoms with Crippen LogP contribution >= 0.6 is 0 Å². The first-order valence-corrected chi connectivity index (χ1v) is 22.6. The highest BCUT2D eigenvalue weighted by Crippen LogP contribution is 2.41. The summed E-state index contributed by atoms with van der Waals surface area (Å²) in [5.41, 5.74) is 16.6. The third-order valence-electron chi connectivity index (χ3n) is 13.9. The van der Waals surface area contributed by atoms with Crippen molar-refractivity contribution < 1.29 is 0 Å². The molecule has 4 heterocycles. The minimum Gasteiger partial charge on any atom is -0.309 e. The zero-order valence-electron chi connectivity index (χ0n) is 35.9. The van der Waals surface area contributed by atoms with E-state index in [1.54, 1.807) is 0 Å². The molecule has 4 heteroatoms. The standard InChI is InChI=1S/C62H40N4/c1-40(41-34-43(63-55-26-10-2-18-47(55)48-19-3-11-27-56(48)63)38-44(35-41)64-57-28-12-4-20-49(57)50-21-5-13-29-58(50)64)42-36-45(65-59-30-14-6-22-51(59)52-23-7-15-31-60(52)65)39-46(37-42)66-61-32-16-8-24-53(61)54-25-9-17-33-62(54)66/h2-39H,1H2. The second-order valence-corrected chi connectivity index (χ2v) is 17.4. The van der Waals surface area contributed by atoms with Crippen LogP contribution in [0.2, 0.25) is 0 Å². The highest BCUT2D eigenvalue weighted by atomic mass is 15.0. The van der Waals surface area contributed by atoms with Crippen molar-refractivity contribution in [1.82, 2.24) is 18.3 Å². The third-order valence-corrected chi connectivity index (χ3v) is 13.9. The summed E-state index contributed by atoms with van der Waals surface area (Å²) in [6.07, 6.45) is 0. The lowest BCUT2D eigenvalue weighted by atomic mass is 9.97. The average molecular weight is 841 g/mol. The first kappa shape index (κ1) is 36.6. The third kappa shape index (κ3) is 5.27. The van der Waals surface area contributed by atoms with Crippen LogP contribution in [0.15, 0.2) is 237 Å². The van der Waals surface area contributed by atoms with Gasteiger partial charge in [0.15, 0.2) is 0 Å². The van der Waals surface area contributed by atoms with Crippen LogP contribution in [0.5, 0.6) is 0 Å². The molecule has 0 bridgehead atoms. The minimum atomic E-state index is 0.935. The summed E-state index contributed by atoms with van der Waals surface area (Å²) >= 11 is 0. The molecule has 0 saturated heterocycles. The molecule has 14 rings (SSSR count). The lowest BCUT2D eigenvalue weighted by molar-refractivity contribution is 1.12. The van der Waals surface area contributed by atoms with Gasteiger partial charge in [-0.25, -0.2) is 0 Å². The molecule has 0 aliphatic carbocycles. The topological polar surface area (TPSA) is 19.7 Å². The number of para-hydroxylation sites is 8. The van der Waals surface area contributed by atoms with E-state index < -0.39 is 0 Å². The van der Waals surface area contributed by atoms with E-state index in [4.69, 9.17) is 6.58 Å². The van der Waals surface area contributed by atoms with Gasteiger partial charge in [0.05, 0.1) is 44.1 Å². The van der Waals surface area contributed by atoms with E-state index >= 15 is 0 Å². The van der Waals surface area contributed by atoms with E-state index in [0.29, 0.717) is 0 Å². The molecule has 4 aromatic heterocycles. The van der Waals surface area contributed by atoms with Crippen LogP contribution in [0.1, 0.15) is 11.1 Å². The molecule has 0 atom stereocenters. The molecular formula is C62H40N4. The molecule has 0 saturated carbocycles. The van der Waals surface area contributed by atoms with E-state index in [-0.39, 0.29) is 0 Å². The van der Waals surface area contributed by atoms with Gasteiger partial charge in [0.25, 0.3) is 0 Å². The van der Waals surface area contributed by atoms with Crippen molar-refractivity contribution in [3.63, 3.8) is 0 Å². The number of hydrogen-bond donors (Lipinski definition) is 0. The van der Waals surface area contributed by atoms with Crippen LogP contribution in [0.3, 0.4) is 0 Å². The van der Waals surface area contributed by atoms with Gasteiger partial charge in [-0.2, -0.15) is 0 Å². The van der Waals surface area contributed by atoms with Crippen molar-refractivity contribution in [2.75, 3.05) is 0 Å². The smallest absolute Gasteiger partial charge is 0.0541 e. The lowest BCUT2D eigenvalue weighted by Gasteiger charge is -2.19. The average Bonchev–Trinajstić information content (AvgIpc) is 4.11. The minimum absolute atomic E-state index is 0.935. The summed E-state index contributed by atoms with van der Waals surface area (Å²) in [6, 6.07) is 84.1. The van der Waals surface area contributed by atoms with Crippen LogP contribution in [-0.4, -0.2) is 18.3 Å². The summed E-state index contributed by atoms with van der Waals surface area (Å²) in [5.74, 6) is 0. The quantitative estimate of drug-likeness (QED) is 0.159. The van der Waals surface area contributed by atoms with Crippen molar-refractivity contribution in [1.29, 1.82) is 0 Å². The molecule has 0 aliphatic rings. The van der Waals surface area contributed by atoms with Gasteiger partial charge in [-0.05, 0) is 102 Å². The van der Waals surface area contributed by atoms with E-state index in [0.717, 1.165) is 83.6 Å². The van der Waals surface area contributed by atoms with E-state index in [1.165, 1.54) is 43.1 Å². The Morgan fingerprint density at radius 1 is 0.227 bits per heavy atom. The van der Waals surface area contributed by atoms with E-state index in [2.05, 4.69) is 249 Å². The van der Waals surface area contributed by atoms with Crippen molar-refractivity contribution in [3.8, 4) is 22.7 Å². The summed E-state index contributed by atoms with van der Waals surface area (Å²) in [4.78, 5) is 0. The Balaban J connectivity index is 1.07. The summed E-state index contributed by atoms with van der Waals surface area (Å²) in [7, 11) is 0. The maximum atomic E-state index is 5.05. The normalized spacial score (nSPS) is 12.0. The van der Waals surface area contributed by atoms with E-state index in [1.807, 2.05) is 0 Å². The van der Waals surface area contributed by atoms with Gasteiger partial charge < -0.3 is 18.3 Å². The molecule has 66 heavy (non-hydrogen) atoms. The fraction of sp³-hybridized carbons (Fsp3) is 0. The molecule has 0 amide bonds. The van der Waals surface area contributed by atoms with Gasteiger partial charge in [0, 0.05) is 65.8 Å². The molecule has 14 aromatic rings. The van der Waals surface area contributed by atoms with Crippen molar-refractivity contribution in [2.24, 2.45) is 0 Å². The molecule has 308 valence electrons. The zero-order chi connectivity index (χ0) is 43.5. The Kier molecular flexibility index (Phi) is 7.80. The van der Waals surface area contributed by atoms with Gasteiger partial charge in [0.1, 0.15) is 0 Å². The van der Waals surface area contributed by atoms with Gasteiger partial charge in [-0.15, -0.1) is 0 Å². The molecule has 10 aromatic carbocycles. The molecular weight excluding hydrogens is 801 g/mol. The van der Waals surface area contributed by atoms with Crippen molar-refractivity contribution in [2.45, 2.75) is 0 Å². The molecule has 0 aliphatic heterocycles. The maximum absolute atomic E-state index is 5.05. The maximum Gasteiger partial charge on any atom is 0.0541 e. The van der Waals surface area contributed by atoms with Gasteiger partial charge in [-0.3, -0.25) is 0 Å². The van der Waals surface area contributed by atoms with Crippen LogP contribution in [0.4, 0.5) is 0 Å². The Labute approximate surface area is 380 Å². The lowest BCUT2D eigenvalue weighted by Crippen LogP contribution is -2.03. The Morgan fingerprint density at radius 2 is 0.394 bits per heavy atom. The number of benzene rings is 10. The zero-order valence-corrected chi connectivity index (χ0v) is 35.9. The summed E-state index contributed by atoms with van der Waals surface area (Å²) in [6.45, 7) is 5.05. The molecule has 0 unspecified atom stereocenters. The highest BCUT2D eigenvalue weighted by molar-refractivity contribution is 6.13. The predicted molar refractivity (Wildman–Crippen MR) is 278 cm³/mol. The first-order valence-electron chi connectivity index (χ1n) is 22.6. The first-order chi connectivity index (χ1) is 32.7. The molecule has 0 spiro atoms. The van der Waals surface area contributed by atoms with Crippen LogP contribution in [-0.2, 0) is 0 Å². The van der Waals surface area contributed by atoms with Gasteiger partial charge >= 0.3 is 0 Å². The highest BCUT2D eigenvalue weighted by Gasteiger charge is 2.21. The fourth-order valence-corrected chi connectivity index (χ4v) is 11.0. The van der Waals surface area contributed by atoms with Crippen LogP contribution < -0.4 is 0 Å². The number of fused-ring (bicyclic) bond motifs is 12. The van der Waals surface area contributed by atoms with E-state index in [9.17, 15) is 0 Å². The molecule has 4 nitrogen and oxygen atoms in total. The number of aromatic nitrogens is 4. The molecule has 0 N–H and O–H groups in total. The SMILES string of the molecule is C=C(c1cc(-n2c3ccccc3c3ccccc32)cc(-n2c3ccccc3c3ccccc32)c1)c1cc(-n2c3ccccc3c3ccccc32)cc(-n2c3ccccc3c3ccccc32)c1. The molecule has 0 radical (unpaired) electrons. The Hall–Kier alpha value is -8.86. The summed E-state index contributed by atoms with van der Waals surface area (Å²) in [5, 5.41) is 9.82. The van der Waals surface area contributed by atoms with Crippen molar-refractivity contribution in [3.05, 3.63) is 248 Å². The predicted octanol–water partition coefficient (Wildman–Crippen LogP) is 16.1. The largest absolute Gasteiger partial charge is 0.309 e. The molecule has 0 fully saturated rings. The summed E-state index contributed by atoms with van der Waals surface area (Å²) < 4.78 is 9.71. The second-order valence-electron chi connectivity index (χ2n) is 17.4. The monoisotopic (exact) mass is 840 g/mol. The Bertz CT molecular complexity index is 3560. The fourth-order valence-electron chi connectivity index (χ4n) is 11.0. The number of rotatable bonds is 6. The van der Waals surface area contributed by atoms with Crippen LogP contribution in [0, 0.1) is 0 Å². The second kappa shape index (κ2) is 14.1. The van der Waals surface area contributed by atoms with Crippen molar-refractivity contribution >= 4 is 92.8 Å². The Morgan fingerprint density at radius 3 is 0.576 bits per heavy atom. The number of nitrogens with zero attached hydrogens (tertiary/aromatic N) is 4. The number of hydrogen-bond acceptors (Lipinski definition) is 0. The van der Waals surface area contributed by atoms with Gasteiger partial charge in [-0.1, -0.05) is 152 Å². The van der Waals surface area contributed by atoms with Crippen LogP contribution in [0.25, 0.3) is 116 Å².